The van der Waals surface area contributed by atoms with Crippen LogP contribution >= 0.6 is 35.3 Å². The van der Waals surface area contributed by atoms with Crippen LogP contribution in [0.3, 0.4) is 0 Å². The van der Waals surface area contributed by atoms with Gasteiger partial charge in [0, 0.05) is 24.3 Å². The summed E-state index contributed by atoms with van der Waals surface area (Å²) < 4.78 is 0. The SMILES string of the molecule is CN=C(NCc1ccccn1)NCc1cnc(C)s1.I. The Bertz CT molecular complexity index is 541. The number of nitrogens with zero attached hydrogens (tertiary/aromatic N) is 3. The number of nitrogens with one attached hydrogen (secondary N) is 2. The Kier molecular flexibility index (Phi) is 7.45. The van der Waals surface area contributed by atoms with E-state index in [1.807, 2.05) is 31.3 Å². The first-order chi connectivity index (χ1) is 9.28. The Morgan fingerprint density at radius 2 is 2.05 bits per heavy atom. The molecule has 2 aromatic rings. The van der Waals surface area contributed by atoms with Gasteiger partial charge in [-0.2, -0.15) is 0 Å². The van der Waals surface area contributed by atoms with Crippen LogP contribution in [-0.4, -0.2) is 23.0 Å². The molecule has 0 unspecified atom stereocenters. The Balaban J connectivity index is 0.00000200. The molecular weight excluding hydrogens is 385 g/mol. The average molecular weight is 403 g/mol. The van der Waals surface area contributed by atoms with Crippen molar-refractivity contribution in [1.82, 2.24) is 20.6 Å². The molecule has 0 aliphatic rings. The normalized spacial score (nSPS) is 10.8. The Labute approximate surface area is 140 Å². The highest BCUT2D eigenvalue weighted by atomic mass is 127. The average Bonchev–Trinajstić information content (AvgIpc) is 2.86. The quantitative estimate of drug-likeness (QED) is 0.468. The third kappa shape index (κ3) is 5.41. The monoisotopic (exact) mass is 403 g/mol. The number of hydrogen-bond donors (Lipinski definition) is 2. The van der Waals surface area contributed by atoms with Gasteiger partial charge in [-0.3, -0.25) is 9.98 Å². The second-order valence-corrected chi connectivity index (χ2v) is 5.27. The predicted molar refractivity (Wildman–Crippen MR) is 93.5 cm³/mol. The van der Waals surface area contributed by atoms with Crippen LogP contribution in [0.1, 0.15) is 15.6 Å². The van der Waals surface area contributed by atoms with Crippen LogP contribution < -0.4 is 10.6 Å². The highest BCUT2D eigenvalue weighted by molar-refractivity contribution is 14.0. The molecule has 0 saturated carbocycles. The summed E-state index contributed by atoms with van der Waals surface area (Å²) in [6.07, 6.45) is 3.67. The third-order valence-corrected chi connectivity index (χ3v) is 3.40. The molecule has 2 heterocycles. The molecule has 0 amide bonds. The zero-order chi connectivity index (χ0) is 13.5. The van der Waals surface area contributed by atoms with Crippen molar-refractivity contribution in [1.29, 1.82) is 0 Å². The molecule has 108 valence electrons. The summed E-state index contributed by atoms with van der Waals surface area (Å²) >= 11 is 1.69. The van der Waals surface area contributed by atoms with Crippen molar-refractivity contribution in [3.05, 3.63) is 46.2 Å². The third-order valence-electron chi connectivity index (χ3n) is 2.49. The van der Waals surface area contributed by atoms with Gasteiger partial charge in [0.2, 0.25) is 0 Å². The first kappa shape index (κ1) is 16.8. The van der Waals surface area contributed by atoms with Crippen molar-refractivity contribution < 1.29 is 0 Å². The summed E-state index contributed by atoms with van der Waals surface area (Å²) in [5, 5.41) is 7.55. The Morgan fingerprint density at radius 3 is 2.65 bits per heavy atom. The van der Waals surface area contributed by atoms with E-state index in [4.69, 9.17) is 0 Å². The minimum atomic E-state index is 0. The second kappa shape index (κ2) is 8.85. The van der Waals surface area contributed by atoms with Gasteiger partial charge < -0.3 is 10.6 Å². The lowest BCUT2D eigenvalue weighted by Crippen LogP contribution is -2.36. The highest BCUT2D eigenvalue weighted by Gasteiger charge is 2.01. The van der Waals surface area contributed by atoms with Gasteiger partial charge in [-0.25, -0.2) is 4.98 Å². The van der Waals surface area contributed by atoms with E-state index >= 15 is 0 Å². The molecule has 2 rings (SSSR count). The number of thiazole rings is 1. The lowest BCUT2D eigenvalue weighted by molar-refractivity contribution is 0.798. The molecule has 0 spiro atoms. The fraction of sp³-hybridized carbons (Fsp3) is 0.308. The van der Waals surface area contributed by atoms with Gasteiger partial charge in [0.1, 0.15) is 0 Å². The van der Waals surface area contributed by atoms with Gasteiger partial charge in [0.15, 0.2) is 5.96 Å². The summed E-state index contributed by atoms with van der Waals surface area (Å²) in [7, 11) is 1.76. The molecule has 2 N–H and O–H groups in total. The van der Waals surface area contributed by atoms with Crippen molar-refractivity contribution in [3.63, 3.8) is 0 Å². The van der Waals surface area contributed by atoms with Gasteiger partial charge in [-0.1, -0.05) is 6.07 Å². The Morgan fingerprint density at radius 1 is 1.25 bits per heavy atom. The van der Waals surface area contributed by atoms with Crippen LogP contribution in [0.15, 0.2) is 35.6 Å². The van der Waals surface area contributed by atoms with Gasteiger partial charge in [-0.15, -0.1) is 35.3 Å². The molecule has 0 bridgehead atoms. The summed E-state index contributed by atoms with van der Waals surface area (Å²) in [4.78, 5) is 13.8. The number of aromatic nitrogens is 2. The number of rotatable bonds is 4. The lowest BCUT2D eigenvalue weighted by Gasteiger charge is -2.10. The van der Waals surface area contributed by atoms with Crippen LogP contribution in [-0.2, 0) is 13.1 Å². The van der Waals surface area contributed by atoms with Crippen LogP contribution in [0.2, 0.25) is 0 Å². The molecule has 2 aromatic heterocycles. The summed E-state index contributed by atoms with van der Waals surface area (Å²) in [6, 6.07) is 5.86. The summed E-state index contributed by atoms with van der Waals surface area (Å²) in [5.74, 6) is 0.761. The maximum Gasteiger partial charge on any atom is 0.191 e. The Hall–Kier alpha value is -1.22. The topological polar surface area (TPSA) is 62.2 Å². The minimum absolute atomic E-state index is 0. The largest absolute Gasteiger partial charge is 0.351 e. The highest BCUT2D eigenvalue weighted by Crippen LogP contribution is 2.10. The summed E-state index contributed by atoms with van der Waals surface area (Å²) in [6.45, 7) is 3.39. The molecule has 7 heteroatoms. The van der Waals surface area contributed by atoms with E-state index in [1.165, 1.54) is 4.88 Å². The van der Waals surface area contributed by atoms with Gasteiger partial charge >= 0.3 is 0 Å². The second-order valence-electron chi connectivity index (χ2n) is 3.95. The first-order valence-corrected chi connectivity index (χ1v) is 6.85. The van der Waals surface area contributed by atoms with E-state index in [0.717, 1.165) is 23.2 Å². The van der Waals surface area contributed by atoms with Crippen molar-refractivity contribution >= 4 is 41.3 Å². The maximum absolute atomic E-state index is 4.25. The molecule has 0 aromatic carbocycles. The van der Waals surface area contributed by atoms with Crippen LogP contribution in [0, 0.1) is 6.92 Å². The minimum Gasteiger partial charge on any atom is -0.351 e. The van der Waals surface area contributed by atoms with E-state index in [2.05, 4.69) is 25.6 Å². The van der Waals surface area contributed by atoms with E-state index in [1.54, 1.807) is 24.6 Å². The number of pyridine rings is 1. The fourth-order valence-electron chi connectivity index (χ4n) is 1.56. The zero-order valence-electron chi connectivity index (χ0n) is 11.5. The van der Waals surface area contributed by atoms with E-state index in [-0.39, 0.29) is 24.0 Å². The fourth-order valence-corrected chi connectivity index (χ4v) is 2.29. The van der Waals surface area contributed by atoms with E-state index in [9.17, 15) is 0 Å². The number of halogens is 1. The van der Waals surface area contributed by atoms with Gasteiger partial charge in [0.25, 0.3) is 0 Å². The van der Waals surface area contributed by atoms with Crippen LogP contribution in [0.4, 0.5) is 0 Å². The van der Waals surface area contributed by atoms with Crippen molar-refractivity contribution in [2.45, 2.75) is 20.0 Å². The number of aryl methyl sites for hydroxylation is 1. The zero-order valence-corrected chi connectivity index (χ0v) is 14.6. The molecule has 20 heavy (non-hydrogen) atoms. The molecular formula is C13H18IN5S. The van der Waals surface area contributed by atoms with Crippen LogP contribution in [0.5, 0.6) is 0 Å². The maximum atomic E-state index is 4.25. The van der Waals surface area contributed by atoms with Crippen molar-refractivity contribution in [2.24, 2.45) is 4.99 Å². The molecule has 0 saturated heterocycles. The summed E-state index contributed by atoms with van der Waals surface area (Å²) in [5.41, 5.74) is 0.985. The molecule has 0 fully saturated rings. The molecule has 0 atom stereocenters. The smallest absolute Gasteiger partial charge is 0.191 e. The molecule has 0 aliphatic carbocycles. The number of hydrogen-bond acceptors (Lipinski definition) is 4. The molecule has 0 radical (unpaired) electrons. The van der Waals surface area contributed by atoms with E-state index in [0.29, 0.717) is 6.54 Å². The molecule has 0 aliphatic heterocycles. The predicted octanol–water partition coefficient (Wildman–Crippen LogP) is 2.33. The van der Waals surface area contributed by atoms with Crippen molar-refractivity contribution in [3.8, 4) is 0 Å². The van der Waals surface area contributed by atoms with Gasteiger partial charge in [-0.05, 0) is 19.1 Å². The van der Waals surface area contributed by atoms with E-state index < -0.39 is 0 Å². The molecule has 5 nitrogen and oxygen atoms in total. The number of guanidine groups is 1. The lowest BCUT2D eigenvalue weighted by atomic mass is 10.3. The standard InChI is InChI=1S/C13H17N5S.HI/c1-10-16-8-12(19-10)9-18-13(14-2)17-7-11-5-3-4-6-15-11;/h3-6,8H,7,9H2,1-2H3,(H2,14,17,18);1H. The van der Waals surface area contributed by atoms with Crippen LogP contribution in [0.25, 0.3) is 0 Å². The van der Waals surface area contributed by atoms with Gasteiger partial charge in [0.05, 0.1) is 23.8 Å². The number of aliphatic imine (C=N–C) groups is 1. The van der Waals surface area contributed by atoms with Crippen molar-refractivity contribution in [2.75, 3.05) is 7.05 Å². The first-order valence-electron chi connectivity index (χ1n) is 6.03.